The fourth-order valence-corrected chi connectivity index (χ4v) is 4.02. The van der Waals surface area contributed by atoms with Crippen molar-refractivity contribution >= 4 is 0 Å². The molecule has 0 heterocycles. The highest BCUT2D eigenvalue weighted by Gasteiger charge is 2.40. The Morgan fingerprint density at radius 3 is 2.90 bits per heavy atom. The molecule has 0 amide bonds. The van der Waals surface area contributed by atoms with Crippen LogP contribution in [-0.2, 0) is 16.6 Å². The van der Waals surface area contributed by atoms with Crippen molar-refractivity contribution in [3.05, 3.63) is 35.4 Å². The zero-order chi connectivity index (χ0) is 15.1. The van der Waals surface area contributed by atoms with Crippen LogP contribution in [0.1, 0.15) is 50.7 Å². The van der Waals surface area contributed by atoms with Crippen molar-refractivity contribution in [3.63, 3.8) is 0 Å². The van der Waals surface area contributed by atoms with Crippen LogP contribution in [0.25, 0.3) is 0 Å². The largest absolute Gasteiger partial charge is 0.383 e. The zero-order valence-electron chi connectivity index (χ0n) is 14.0. The van der Waals surface area contributed by atoms with E-state index in [1.807, 2.05) is 0 Å². The van der Waals surface area contributed by atoms with Gasteiger partial charge in [-0.05, 0) is 36.3 Å². The first-order chi connectivity index (χ1) is 10.2. The van der Waals surface area contributed by atoms with Crippen molar-refractivity contribution in [2.45, 2.75) is 51.4 Å². The van der Waals surface area contributed by atoms with Gasteiger partial charge in [-0.1, -0.05) is 51.0 Å². The first-order valence-corrected chi connectivity index (χ1v) is 8.52. The fraction of sp³-hybridized carbons (Fsp3) is 0.684. The summed E-state index contributed by atoms with van der Waals surface area (Å²) in [5.74, 6) is 0.721. The van der Waals surface area contributed by atoms with Crippen molar-refractivity contribution in [1.82, 2.24) is 5.32 Å². The average Bonchev–Trinajstić information content (AvgIpc) is 2.52. The van der Waals surface area contributed by atoms with E-state index < -0.39 is 0 Å². The molecular formula is C19H31NO. The predicted octanol–water partition coefficient (Wildman–Crippen LogP) is 3.93. The Morgan fingerprint density at radius 2 is 2.14 bits per heavy atom. The second-order valence-corrected chi connectivity index (χ2v) is 6.53. The van der Waals surface area contributed by atoms with Crippen LogP contribution in [0.2, 0.25) is 0 Å². The summed E-state index contributed by atoms with van der Waals surface area (Å²) in [6, 6.07) is 9.11. The highest BCUT2D eigenvalue weighted by molar-refractivity contribution is 5.38. The molecule has 1 aromatic carbocycles. The lowest BCUT2D eigenvalue weighted by molar-refractivity contribution is 0.183. The van der Waals surface area contributed by atoms with Gasteiger partial charge in [-0.3, -0.25) is 0 Å². The normalized spacial score (nSPS) is 22.8. The van der Waals surface area contributed by atoms with Gasteiger partial charge in [0.15, 0.2) is 0 Å². The van der Waals surface area contributed by atoms with Crippen LogP contribution in [0.15, 0.2) is 24.3 Å². The van der Waals surface area contributed by atoms with Crippen LogP contribution in [0.4, 0.5) is 0 Å². The predicted molar refractivity (Wildman–Crippen MR) is 89.9 cm³/mol. The van der Waals surface area contributed by atoms with E-state index in [0.717, 1.165) is 25.6 Å². The average molecular weight is 289 g/mol. The second kappa shape index (κ2) is 7.95. The molecule has 0 spiro atoms. The van der Waals surface area contributed by atoms with Crippen LogP contribution in [0.5, 0.6) is 0 Å². The van der Waals surface area contributed by atoms with Gasteiger partial charge >= 0.3 is 0 Å². The molecule has 2 unspecified atom stereocenters. The van der Waals surface area contributed by atoms with Crippen LogP contribution in [-0.4, -0.2) is 26.8 Å². The summed E-state index contributed by atoms with van der Waals surface area (Å²) in [5, 5.41) is 3.65. The lowest BCUT2D eigenvalue weighted by atomic mass is 9.62. The Bertz CT molecular complexity index is 431. The molecule has 2 heteroatoms. The van der Waals surface area contributed by atoms with Gasteiger partial charge in [0.25, 0.3) is 0 Å². The SMILES string of the molecule is CCCC(C)C1(CNCCOC)CCCc2ccccc21. The van der Waals surface area contributed by atoms with Gasteiger partial charge in [0.2, 0.25) is 0 Å². The number of ether oxygens (including phenoxy) is 1. The van der Waals surface area contributed by atoms with E-state index in [0.29, 0.717) is 5.41 Å². The Labute approximate surface area is 130 Å². The number of rotatable bonds is 8. The molecule has 0 saturated heterocycles. The Hall–Kier alpha value is -0.860. The third-order valence-electron chi connectivity index (χ3n) is 5.21. The van der Waals surface area contributed by atoms with Gasteiger partial charge < -0.3 is 10.1 Å². The molecule has 0 radical (unpaired) electrons. The van der Waals surface area contributed by atoms with Crippen LogP contribution < -0.4 is 5.32 Å². The summed E-state index contributed by atoms with van der Waals surface area (Å²) >= 11 is 0. The summed E-state index contributed by atoms with van der Waals surface area (Å²) in [6.07, 6.45) is 6.44. The minimum Gasteiger partial charge on any atom is -0.383 e. The topological polar surface area (TPSA) is 21.3 Å². The van der Waals surface area contributed by atoms with Gasteiger partial charge in [-0.15, -0.1) is 0 Å². The second-order valence-electron chi connectivity index (χ2n) is 6.53. The smallest absolute Gasteiger partial charge is 0.0587 e. The van der Waals surface area contributed by atoms with Gasteiger partial charge in [-0.25, -0.2) is 0 Å². The molecule has 0 aromatic heterocycles. The maximum Gasteiger partial charge on any atom is 0.0587 e. The Balaban J connectivity index is 2.24. The molecule has 21 heavy (non-hydrogen) atoms. The quantitative estimate of drug-likeness (QED) is 0.732. The summed E-state index contributed by atoms with van der Waals surface area (Å²) in [4.78, 5) is 0. The number of benzene rings is 1. The summed E-state index contributed by atoms with van der Waals surface area (Å²) in [6.45, 7) is 7.56. The van der Waals surface area contributed by atoms with Crippen molar-refractivity contribution in [3.8, 4) is 0 Å². The molecule has 0 fully saturated rings. The van der Waals surface area contributed by atoms with Crippen LogP contribution in [0, 0.1) is 5.92 Å². The third-order valence-corrected chi connectivity index (χ3v) is 5.21. The first-order valence-electron chi connectivity index (χ1n) is 8.52. The van der Waals surface area contributed by atoms with Crippen molar-refractivity contribution in [2.75, 3.05) is 26.8 Å². The van der Waals surface area contributed by atoms with E-state index >= 15 is 0 Å². The molecule has 118 valence electrons. The molecule has 0 aliphatic heterocycles. The molecule has 2 rings (SSSR count). The molecule has 1 aliphatic carbocycles. The number of aryl methyl sites for hydroxylation is 1. The fourth-order valence-electron chi connectivity index (χ4n) is 4.02. The van der Waals surface area contributed by atoms with Gasteiger partial charge in [0.05, 0.1) is 6.61 Å². The maximum absolute atomic E-state index is 5.18. The highest BCUT2D eigenvalue weighted by Crippen LogP contribution is 2.44. The number of fused-ring (bicyclic) bond motifs is 1. The number of hydrogen-bond donors (Lipinski definition) is 1. The highest BCUT2D eigenvalue weighted by atomic mass is 16.5. The molecule has 0 bridgehead atoms. The van der Waals surface area contributed by atoms with Gasteiger partial charge in [-0.2, -0.15) is 0 Å². The van der Waals surface area contributed by atoms with E-state index in [-0.39, 0.29) is 0 Å². The van der Waals surface area contributed by atoms with Gasteiger partial charge in [0, 0.05) is 25.6 Å². The number of hydrogen-bond acceptors (Lipinski definition) is 2. The standard InChI is InChI=1S/C19H31NO/c1-4-8-16(2)19(15-20-13-14-21-3)12-7-10-17-9-5-6-11-18(17)19/h5-6,9,11,16,20H,4,7-8,10,12-15H2,1-3H3. The van der Waals surface area contributed by atoms with Crippen molar-refractivity contribution < 1.29 is 4.74 Å². The monoisotopic (exact) mass is 289 g/mol. The summed E-state index contributed by atoms with van der Waals surface area (Å²) in [7, 11) is 1.77. The minimum atomic E-state index is 0.304. The number of methoxy groups -OCH3 is 1. The zero-order valence-corrected chi connectivity index (χ0v) is 14.0. The lowest BCUT2D eigenvalue weighted by Crippen LogP contribution is -2.46. The minimum absolute atomic E-state index is 0.304. The molecule has 1 aliphatic rings. The molecular weight excluding hydrogens is 258 g/mol. The van der Waals surface area contributed by atoms with E-state index in [2.05, 4.69) is 43.4 Å². The maximum atomic E-state index is 5.18. The first kappa shape index (κ1) is 16.5. The lowest BCUT2D eigenvalue weighted by Gasteiger charge is -2.44. The third kappa shape index (κ3) is 3.67. The van der Waals surface area contributed by atoms with Gasteiger partial charge in [0.1, 0.15) is 0 Å². The molecule has 0 saturated carbocycles. The van der Waals surface area contributed by atoms with Crippen molar-refractivity contribution in [1.29, 1.82) is 0 Å². The van der Waals surface area contributed by atoms with E-state index in [1.54, 1.807) is 18.2 Å². The Kier molecular flexibility index (Phi) is 6.25. The summed E-state index contributed by atoms with van der Waals surface area (Å²) in [5.41, 5.74) is 3.47. The molecule has 2 nitrogen and oxygen atoms in total. The van der Waals surface area contributed by atoms with Crippen LogP contribution >= 0.6 is 0 Å². The molecule has 2 atom stereocenters. The number of nitrogens with one attached hydrogen (secondary N) is 1. The van der Waals surface area contributed by atoms with E-state index in [4.69, 9.17) is 4.74 Å². The van der Waals surface area contributed by atoms with E-state index in [9.17, 15) is 0 Å². The molecule has 1 N–H and O–H groups in total. The summed E-state index contributed by atoms with van der Waals surface area (Å²) < 4.78 is 5.18. The van der Waals surface area contributed by atoms with Crippen LogP contribution in [0.3, 0.4) is 0 Å². The van der Waals surface area contributed by atoms with Crippen molar-refractivity contribution in [2.24, 2.45) is 5.92 Å². The molecule has 1 aromatic rings. The Morgan fingerprint density at radius 1 is 1.33 bits per heavy atom. The van der Waals surface area contributed by atoms with E-state index in [1.165, 1.54) is 32.1 Å².